The number of rotatable bonds is 1. The van der Waals surface area contributed by atoms with Crippen LogP contribution in [0.25, 0.3) is 32.5 Å². The lowest BCUT2D eigenvalue weighted by atomic mass is 9.78. The van der Waals surface area contributed by atoms with Crippen molar-refractivity contribution in [3.63, 3.8) is 0 Å². The minimum Gasteiger partial charge on any atom is -0.295 e. The normalized spacial score (nSPS) is 19.5. The molecule has 0 saturated carbocycles. The van der Waals surface area contributed by atoms with Gasteiger partial charge in [0, 0.05) is 22.9 Å². The Hall–Kier alpha value is -3.57. The molecule has 1 unspecified atom stereocenters. The molecule has 0 saturated heterocycles. The molecule has 3 heterocycles. The minimum atomic E-state index is -1.32. The molecular weight excluding hydrogens is 394 g/mol. The molecule has 0 radical (unpaired) electrons. The first-order chi connectivity index (χ1) is 14.6. The first kappa shape index (κ1) is 17.3. The van der Waals surface area contributed by atoms with Gasteiger partial charge in [0.1, 0.15) is 10.2 Å². The van der Waals surface area contributed by atoms with E-state index in [-0.39, 0.29) is 23.5 Å². The number of hydrogen-bond donors (Lipinski definition) is 0. The van der Waals surface area contributed by atoms with Crippen LogP contribution in [0.1, 0.15) is 12.0 Å². The molecule has 4 aromatic rings. The average molecular weight is 409 g/mol. The zero-order valence-electron chi connectivity index (χ0n) is 15.8. The maximum absolute atomic E-state index is 13.7. The van der Waals surface area contributed by atoms with E-state index in [2.05, 4.69) is 0 Å². The number of carbonyl (C=O) groups excluding carboxylic acids is 2. The van der Waals surface area contributed by atoms with E-state index in [1.807, 2.05) is 66.0 Å². The summed E-state index contributed by atoms with van der Waals surface area (Å²) in [6.45, 7) is 0. The summed E-state index contributed by atoms with van der Waals surface area (Å²) in [4.78, 5) is 39.6. The summed E-state index contributed by atoms with van der Waals surface area (Å²) in [7, 11) is 0. The average Bonchev–Trinajstić information content (AvgIpc) is 3.36. The van der Waals surface area contributed by atoms with Gasteiger partial charge in [-0.05, 0) is 34.7 Å². The highest BCUT2D eigenvalue weighted by molar-refractivity contribution is 7.17. The molecule has 2 aromatic carbocycles. The van der Waals surface area contributed by atoms with Crippen LogP contribution in [0.5, 0.6) is 0 Å². The van der Waals surface area contributed by atoms with Gasteiger partial charge in [0.2, 0.25) is 0 Å². The number of pyridine rings is 1. The molecule has 2 aliphatic rings. The van der Waals surface area contributed by atoms with Gasteiger partial charge < -0.3 is 0 Å². The summed E-state index contributed by atoms with van der Waals surface area (Å²) in [5.41, 5.74) is 2.62. The molecule has 144 valence electrons. The number of carbonyl (C=O) groups is 2. The van der Waals surface area contributed by atoms with E-state index in [1.165, 1.54) is 23.5 Å². The number of thiophene rings is 1. The molecule has 1 aliphatic carbocycles. The Labute approximate surface area is 175 Å². The van der Waals surface area contributed by atoms with Gasteiger partial charge in [-0.3, -0.25) is 19.0 Å². The number of allylic oxidation sites excluding steroid dienone is 2. The third-order valence-electron chi connectivity index (χ3n) is 6.12. The van der Waals surface area contributed by atoms with Crippen molar-refractivity contribution in [2.75, 3.05) is 0 Å². The van der Waals surface area contributed by atoms with Gasteiger partial charge in [0.05, 0.1) is 5.69 Å². The molecule has 4 nitrogen and oxygen atoms in total. The van der Waals surface area contributed by atoms with Gasteiger partial charge in [-0.1, -0.05) is 54.6 Å². The monoisotopic (exact) mass is 409 g/mol. The van der Waals surface area contributed by atoms with E-state index in [9.17, 15) is 14.4 Å². The van der Waals surface area contributed by atoms with Gasteiger partial charge in [0.25, 0.3) is 5.56 Å². The van der Waals surface area contributed by atoms with Crippen molar-refractivity contribution in [3.8, 4) is 22.4 Å². The van der Waals surface area contributed by atoms with Gasteiger partial charge in [0.15, 0.2) is 11.6 Å². The van der Waals surface area contributed by atoms with Crippen LogP contribution in [-0.4, -0.2) is 16.1 Å². The highest BCUT2D eigenvalue weighted by Crippen LogP contribution is 2.51. The molecule has 0 amide bonds. The summed E-state index contributed by atoms with van der Waals surface area (Å²) in [6, 6.07) is 19.4. The van der Waals surface area contributed by atoms with E-state index in [1.54, 1.807) is 4.57 Å². The molecule has 0 fully saturated rings. The molecule has 30 heavy (non-hydrogen) atoms. The summed E-state index contributed by atoms with van der Waals surface area (Å²) in [6.07, 6.45) is 2.60. The molecule has 1 aliphatic heterocycles. The second-order valence-corrected chi connectivity index (χ2v) is 8.56. The van der Waals surface area contributed by atoms with E-state index < -0.39 is 5.54 Å². The van der Waals surface area contributed by atoms with Crippen molar-refractivity contribution in [2.24, 2.45) is 0 Å². The van der Waals surface area contributed by atoms with E-state index >= 15 is 0 Å². The lowest BCUT2D eigenvalue weighted by Gasteiger charge is -2.32. The number of fused-ring (bicyclic) bond motifs is 6. The van der Waals surface area contributed by atoms with Crippen LogP contribution >= 0.6 is 11.3 Å². The van der Waals surface area contributed by atoms with E-state index in [4.69, 9.17) is 0 Å². The SMILES string of the molecule is O=C1C=CC(=O)C2(C1)c1ccccc1-c1c(-c3ccccc3)c3ccsc3c(=O)n12. The summed E-state index contributed by atoms with van der Waals surface area (Å²) < 4.78 is 2.20. The number of aromatic nitrogens is 1. The maximum Gasteiger partial charge on any atom is 0.270 e. The molecule has 0 bridgehead atoms. The smallest absolute Gasteiger partial charge is 0.270 e. The first-order valence-corrected chi connectivity index (χ1v) is 10.6. The number of hydrogen-bond acceptors (Lipinski definition) is 4. The predicted molar refractivity (Wildman–Crippen MR) is 118 cm³/mol. The lowest BCUT2D eigenvalue weighted by Crippen LogP contribution is -2.48. The van der Waals surface area contributed by atoms with Crippen LogP contribution in [0, 0.1) is 0 Å². The van der Waals surface area contributed by atoms with Crippen LogP contribution in [0.4, 0.5) is 0 Å². The molecule has 1 atom stereocenters. The quantitative estimate of drug-likeness (QED) is 0.463. The Balaban J connectivity index is 1.88. The van der Waals surface area contributed by atoms with Crippen LogP contribution in [0.3, 0.4) is 0 Å². The van der Waals surface area contributed by atoms with Crippen molar-refractivity contribution in [1.29, 1.82) is 0 Å². The number of nitrogens with zero attached hydrogens (tertiary/aromatic N) is 1. The first-order valence-electron chi connectivity index (χ1n) is 9.70. The lowest BCUT2D eigenvalue weighted by molar-refractivity contribution is -0.127. The van der Waals surface area contributed by atoms with Crippen molar-refractivity contribution in [3.05, 3.63) is 94.1 Å². The number of benzene rings is 2. The topological polar surface area (TPSA) is 56.1 Å². The fraction of sp³-hybridized carbons (Fsp3) is 0.0800. The summed E-state index contributed by atoms with van der Waals surface area (Å²) >= 11 is 1.37. The second kappa shape index (κ2) is 5.97. The molecule has 1 spiro atoms. The van der Waals surface area contributed by atoms with Crippen molar-refractivity contribution >= 4 is 33.0 Å². The maximum atomic E-state index is 13.7. The van der Waals surface area contributed by atoms with Crippen LogP contribution < -0.4 is 5.56 Å². The fourth-order valence-corrected chi connectivity index (χ4v) is 5.75. The summed E-state index contributed by atoms with van der Waals surface area (Å²) in [5, 5.41) is 2.78. The Kier molecular flexibility index (Phi) is 3.44. The highest BCUT2D eigenvalue weighted by Gasteiger charge is 2.52. The predicted octanol–water partition coefficient (Wildman–Crippen LogP) is 4.55. The number of ketones is 2. The zero-order valence-corrected chi connectivity index (χ0v) is 16.6. The molecule has 0 N–H and O–H groups in total. The second-order valence-electron chi connectivity index (χ2n) is 7.64. The summed E-state index contributed by atoms with van der Waals surface area (Å²) in [5.74, 6) is -0.387. The van der Waals surface area contributed by atoms with Crippen LogP contribution in [0.15, 0.2) is 83.0 Å². The molecule has 6 rings (SSSR count). The Bertz CT molecular complexity index is 1480. The highest BCUT2D eigenvalue weighted by atomic mass is 32.1. The third-order valence-corrected chi connectivity index (χ3v) is 7.02. The third kappa shape index (κ3) is 2.02. The zero-order chi connectivity index (χ0) is 20.5. The van der Waals surface area contributed by atoms with Crippen molar-refractivity contribution in [2.45, 2.75) is 12.0 Å². The largest absolute Gasteiger partial charge is 0.295 e. The van der Waals surface area contributed by atoms with Gasteiger partial charge in [-0.25, -0.2) is 0 Å². The Morgan fingerprint density at radius 1 is 0.867 bits per heavy atom. The van der Waals surface area contributed by atoms with Gasteiger partial charge in [-0.2, -0.15) is 0 Å². The fourth-order valence-electron chi connectivity index (χ4n) is 4.92. The molecule has 5 heteroatoms. The van der Waals surface area contributed by atoms with E-state index in [0.717, 1.165) is 27.6 Å². The minimum absolute atomic E-state index is 0.0443. The Morgan fingerprint density at radius 2 is 1.63 bits per heavy atom. The molecular formula is C25H15NO3S. The molecule has 2 aromatic heterocycles. The van der Waals surface area contributed by atoms with E-state index in [0.29, 0.717) is 10.4 Å². The Morgan fingerprint density at radius 3 is 2.47 bits per heavy atom. The van der Waals surface area contributed by atoms with Crippen molar-refractivity contribution in [1.82, 2.24) is 4.57 Å². The van der Waals surface area contributed by atoms with Gasteiger partial charge in [-0.15, -0.1) is 11.3 Å². The van der Waals surface area contributed by atoms with Crippen LogP contribution in [-0.2, 0) is 15.1 Å². The van der Waals surface area contributed by atoms with Crippen molar-refractivity contribution < 1.29 is 9.59 Å². The standard InChI is InChI=1S/C25H15NO3S/c27-16-10-11-20(28)25(14-16)19-9-5-4-8-17(19)22-21(15-6-2-1-3-7-15)18-12-13-30-23(18)24(29)26(22)25/h1-13H,14H2. The van der Waals surface area contributed by atoms with Gasteiger partial charge >= 0.3 is 0 Å². The van der Waals surface area contributed by atoms with Crippen LogP contribution in [0.2, 0.25) is 0 Å².